The van der Waals surface area contributed by atoms with E-state index in [1.807, 2.05) is 12.1 Å². The molecule has 3 rings (SSSR count). The van der Waals surface area contributed by atoms with Crippen molar-refractivity contribution in [1.82, 2.24) is 15.5 Å². The molecule has 124 valence electrons. The highest BCUT2D eigenvalue weighted by atomic mass is 35.5. The predicted octanol–water partition coefficient (Wildman–Crippen LogP) is 3.62. The van der Waals surface area contributed by atoms with Crippen molar-refractivity contribution in [3.8, 4) is 0 Å². The summed E-state index contributed by atoms with van der Waals surface area (Å²) >= 11 is 5.87. The van der Waals surface area contributed by atoms with E-state index in [-0.39, 0.29) is 12.0 Å². The molecule has 2 atom stereocenters. The third kappa shape index (κ3) is 4.10. The van der Waals surface area contributed by atoms with Gasteiger partial charge in [0.15, 0.2) is 5.82 Å². The Morgan fingerprint density at radius 2 is 2.00 bits per heavy atom. The summed E-state index contributed by atoms with van der Waals surface area (Å²) < 4.78 is 5.42. The lowest BCUT2D eigenvalue weighted by molar-refractivity contribution is 0.160. The van der Waals surface area contributed by atoms with Gasteiger partial charge in [-0.15, -0.1) is 0 Å². The molecule has 2 N–H and O–H groups in total. The molecule has 5 nitrogen and oxygen atoms in total. The normalized spacial score (nSPS) is 17.4. The van der Waals surface area contributed by atoms with Crippen molar-refractivity contribution in [3.63, 3.8) is 0 Å². The minimum Gasteiger partial charge on any atom is -0.387 e. The van der Waals surface area contributed by atoms with Crippen LogP contribution >= 0.6 is 11.6 Å². The van der Waals surface area contributed by atoms with Crippen molar-refractivity contribution < 1.29 is 9.63 Å². The number of aliphatic hydroxyl groups is 1. The van der Waals surface area contributed by atoms with Gasteiger partial charge in [-0.3, -0.25) is 0 Å². The lowest BCUT2D eigenvalue weighted by atomic mass is 10.0. The van der Waals surface area contributed by atoms with Gasteiger partial charge in [-0.05, 0) is 36.5 Å². The van der Waals surface area contributed by atoms with Gasteiger partial charge in [0.2, 0.25) is 5.89 Å². The van der Waals surface area contributed by atoms with Crippen molar-refractivity contribution in [2.75, 3.05) is 6.54 Å². The number of aromatic nitrogens is 2. The van der Waals surface area contributed by atoms with Crippen molar-refractivity contribution in [2.24, 2.45) is 5.92 Å². The molecule has 1 aromatic heterocycles. The number of aliphatic hydroxyl groups excluding tert-OH is 1. The molecule has 1 aromatic carbocycles. The van der Waals surface area contributed by atoms with Crippen LogP contribution in [0.25, 0.3) is 0 Å². The third-order valence-electron chi connectivity index (χ3n) is 4.12. The average molecular weight is 336 g/mol. The van der Waals surface area contributed by atoms with Crippen molar-refractivity contribution in [3.05, 3.63) is 46.6 Å². The summed E-state index contributed by atoms with van der Waals surface area (Å²) in [6.45, 7) is 4.59. The van der Waals surface area contributed by atoms with Crippen molar-refractivity contribution >= 4 is 11.6 Å². The molecule has 1 fully saturated rings. The first-order valence-corrected chi connectivity index (χ1v) is 8.43. The fourth-order valence-electron chi connectivity index (χ4n) is 2.53. The van der Waals surface area contributed by atoms with Gasteiger partial charge in [0, 0.05) is 17.5 Å². The van der Waals surface area contributed by atoms with Gasteiger partial charge in [0.25, 0.3) is 0 Å². The van der Waals surface area contributed by atoms with Gasteiger partial charge in [0.05, 0.1) is 12.1 Å². The standard InChI is InChI=1S/C17H22ClN3O2/c1-10(2)15(17-20-16(21-23-17)12-3-4-12)19-9-14(22)11-5-7-13(18)8-6-11/h5-8,10,12,14-15,19,22H,3-4,9H2,1-2H3. The van der Waals surface area contributed by atoms with Crippen LogP contribution in [-0.4, -0.2) is 21.8 Å². The smallest absolute Gasteiger partial charge is 0.244 e. The number of hydrogen-bond acceptors (Lipinski definition) is 5. The number of nitrogens with zero attached hydrogens (tertiary/aromatic N) is 2. The molecule has 0 saturated heterocycles. The fraction of sp³-hybridized carbons (Fsp3) is 0.529. The Labute approximate surface area is 141 Å². The molecule has 0 amide bonds. The zero-order valence-electron chi connectivity index (χ0n) is 13.4. The van der Waals surface area contributed by atoms with E-state index < -0.39 is 6.10 Å². The second-order valence-electron chi connectivity index (χ2n) is 6.46. The predicted molar refractivity (Wildman–Crippen MR) is 88.3 cm³/mol. The molecule has 0 radical (unpaired) electrons. The van der Waals surface area contributed by atoms with E-state index in [0.717, 1.165) is 24.2 Å². The number of benzene rings is 1. The molecule has 0 aliphatic heterocycles. The third-order valence-corrected chi connectivity index (χ3v) is 4.37. The van der Waals surface area contributed by atoms with Crippen LogP contribution in [0.1, 0.15) is 62.0 Å². The fourth-order valence-corrected chi connectivity index (χ4v) is 2.66. The molecule has 0 bridgehead atoms. The molecule has 0 spiro atoms. The van der Waals surface area contributed by atoms with E-state index in [4.69, 9.17) is 16.1 Å². The van der Waals surface area contributed by atoms with Crippen LogP contribution in [0.4, 0.5) is 0 Å². The molecule has 6 heteroatoms. The first-order valence-electron chi connectivity index (χ1n) is 8.05. The van der Waals surface area contributed by atoms with Gasteiger partial charge in [-0.1, -0.05) is 42.7 Å². The highest BCUT2D eigenvalue weighted by molar-refractivity contribution is 6.30. The first kappa shape index (κ1) is 16.4. The van der Waals surface area contributed by atoms with E-state index in [9.17, 15) is 5.11 Å². The molecule has 2 unspecified atom stereocenters. The summed E-state index contributed by atoms with van der Waals surface area (Å²) in [5.74, 6) is 2.16. The second-order valence-corrected chi connectivity index (χ2v) is 6.90. The zero-order valence-corrected chi connectivity index (χ0v) is 14.1. The Morgan fingerprint density at radius 1 is 1.30 bits per heavy atom. The maximum Gasteiger partial charge on any atom is 0.244 e. The Bertz CT molecular complexity index is 638. The Kier molecular flexibility index (Phi) is 4.99. The minimum atomic E-state index is -0.612. The van der Waals surface area contributed by atoms with Crippen molar-refractivity contribution in [1.29, 1.82) is 0 Å². The van der Waals surface area contributed by atoms with Gasteiger partial charge in [-0.25, -0.2) is 0 Å². The second kappa shape index (κ2) is 6.99. The Hall–Kier alpha value is -1.43. The molecule has 2 aromatic rings. The van der Waals surface area contributed by atoms with E-state index in [2.05, 4.69) is 29.3 Å². The number of hydrogen-bond donors (Lipinski definition) is 2. The summed E-state index contributed by atoms with van der Waals surface area (Å²) in [5, 5.41) is 18.4. The lowest BCUT2D eigenvalue weighted by Crippen LogP contribution is -2.30. The summed E-state index contributed by atoms with van der Waals surface area (Å²) in [4.78, 5) is 4.52. The van der Waals surface area contributed by atoms with Gasteiger partial charge >= 0.3 is 0 Å². The molecular weight excluding hydrogens is 314 g/mol. The van der Waals surface area contributed by atoms with E-state index in [0.29, 0.717) is 23.4 Å². The Balaban J connectivity index is 1.63. The molecule has 1 aliphatic carbocycles. The van der Waals surface area contributed by atoms with Crippen LogP contribution in [-0.2, 0) is 0 Å². The number of rotatable bonds is 7. The quantitative estimate of drug-likeness (QED) is 0.808. The molecule has 1 aliphatic rings. The average Bonchev–Trinajstić information content (AvgIpc) is 3.27. The summed E-state index contributed by atoms with van der Waals surface area (Å²) in [5.41, 5.74) is 0.827. The van der Waals surface area contributed by atoms with Crippen LogP contribution in [0.3, 0.4) is 0 Å². The monoisotopic (exact) mass is 335 g/mol. The van der Waals surface area contributed by atoms with Crippen LogP contribution in [0.5, 0.6) is 0 Å². The van der Waals surface area contributed by atoms with Crippen LogP contribution in [0.15, 0.2) is 28.8 Å². The first-order chi connectivity index (χ1) is 11.0. The van der Waals surface area contributed by atoms with E-state index in [1.54, 1.807) is 12.1 Å². The molecular formula is C17H22ClN3O2. The summed E-state index contributed by atoms with van der Waals surface area (Å²) in [6.07, 6.45) is 1.68. The van der Waals surface area contributed by atoms with Gasteiger partial charge < -0.3 is 14.9 Å². The highest BCUT2D eigenvalue weighted by Gasteiger charge is 2.31. The molecule has 1 heterocycles. The maximum absolute atomic E-state index is 10.3. The topological polar surface area (TPSA) is 71.2 Å². The summed E-state index contributed by atoms with van der Waals surface area (Å²) in [7, 11) is 0. The SMILES string of the molecule is CC(C)C(NCC(O)c1ccc(Cl)cc1)c1nc(C2CC2)no1. The van der Waals surface area contributed by atoms with Crippen LogP contribution in [0.2, 0.25) is 5.02 Å². The Morgan fingerprint density at radius 3 is 2.61 bits per heavy atom. The zero-order chi connectivity index (χ0) is 16.4. The van der Waals surface area contributed by atoms with Crippen LogP contribution in [0, 0.1) is 5.92 Å². The maximum atomic E-state index is 10.3. The summed E-state index contributed by atoms with van der Waals surface area (Å²) in [6, 6.07) is 7.14. The van der Waals surface area contributed by atoms with Crippen molar-refractivity contribution in [2.45, 2.75) is 44.8 Å². The largest absolute Gasteiger partial charge is 0.387 e. The van der Waals surface area contributed by atoms with Gasteiger partial charge in [-0.2, -0.15) is 4.98 Å². The highest BCUT2D eigenvalue weighted by Crippen LogP contribution is 2.38. The van der Waals surface area contributed by atoms with E-state index >= 15 is 0 Å². The minimum absolute atomic E-state index is 0.0723. The van der Waals surface area contributed by atoms with E-state index in [1.165, 1.54) is 0 Å². The lowest BCUT2D eigenvalue weighted by Gasteiger charge is -2.21. The molecule has 1 saturated carbocycles. The van der Waals surface area contributed by atoms with Gasteiger partial charge in [0.1, 0.15) is 0 Å². The number of nitrogens with one attached hydrogen (secondary N) is 1. The van der Waals surface area contributed by atoms with Crippen LogP contribution < -0.4 is 5.32 Å². The number of halogens is 1. The molecule has 23 heavy (non-hydrogen) atoms.